The van der Waals surface area contributed by atoms with Crippen molar-refractivity contribution in [3.05, 3.63) is 23.8 Å². The molecule has 0 aliphatic carbocycles. The maximum absolute atomic E-state index is 12.3. The molecule has 0 spiro atoms. The molecular weight excluding hydrogens is 278 g/mol. The average Bonchev–Trinajstić information content (AvgIpc) is 2.37. The summed E-state index contributed by atoms with van der Waals surface area (Å²) in [7, 11) is -0.632. The second-order valence-corrected chi connectivity index (χ2v) is 7.24. The first-order chi connectivity index (χ1) is 9.22. The van der Waals surface area contributed by atoms with Crippen LogP contribution in [0.25, 0.3) is 0 Å². The molecule has 0 unspecified atom stereocenters. The predicted molar refractivity (Wildman–Crippen MR) is 78.8 cm³/mol. The fraction of sp³-hybridized carbons (Fsp3) is 0.571. The van der Waals surface area contributed by atoms with Crippen molar-refractivity contribution in [1.29, 1.82) is 0 Å². The lowest BCUT2D eigenvalue weighted by molar-refractivity contribution is 0.204. The summed E-state index contributed by atoms with van der Waals surface area (Å²) in [6, 6.07) is 5.23. The molecule has 0 radical (unpaired) electrons. The molecule has 5 nitrogen and oxygen atoms in total. The van der Waals surface area contributed by atoms with E-state index < -0.39 is 10.0 Å². The summed E-state index contributed by atoms with van der Waals surface area (Å²) in [5, 5.41) is 0. The highest BCUT2D eigenvalue weighted by molar-refractivity contribution is 7.89. The van der Waals surface area contributed by atoms with Crippen molar-refractivity contribution >= 4 is 10.0 Å². The zero-order chi connectivity index (χ0) is 15.4. The fourth-order valence-corrected chi connectivity index (χ4v) is 2.91. The molecule has 0 amide bonds. The van der Waals surface area contributed by atoms with Crippen LogP contribution >= 0.6 is 0 Å². The molecule has 0 aromatic heterocycles. The van der Waals surface area contributed by atoms with Crippen molar-refractivity contribution in [2.24, 2.45) is 0 Å². The molecule has 0 fully saturated rings. The number of rotatable bonds is 6. The van der Waals surface area contributed by atoms with E-state index in [1.54, 1.807) is 12.1 Å². The van der Waals surface area contributed by atoms with Crippen molar-refractivity contribution in [2.45, 2.75) is 31.1 Å². The monoisotopic (exact) mass is 301 g/mol. The SMILES string of the molecule is COCCNS(=O)(=O)c1cc(C(C)(C)C)ccc1OC. The number of benzene rings is 1. The van der Waals surface area contributed by atoms with Crippen molar-refractivity contribution < 1.29 is 17.9 Å². The van der Waals surface area contributed by atoms with Crippen molar-refractivity contribution in [3.63, 3.8) is 0 Å². The Bertz CT molecular complexity index is 547. The maximum Gasteiger partial charge on any atom is 0.244 e. The first-order valence-electron chi connectivity index (χ1n) is 6.39. The van der Waals surface area contributed by atoms with E-state index in [0.29, 0.717) is 12.4 Å². The summed E-state index contributed by atoms with van der Waals surface area (Å²) in [6.45, 7) is 6.64. The van der Waals surface area contributed by atoms with E-state index in [1.165, 1.54) is 14.2 Å². The minimum atomic E-state index is -3.61. The largest absolute Gasteiger partial charge is 0.495 e. The molecule has 0 saturated heterocycles. The van der Waals surface area contributed by atoms with Crippen LogP contribution in [0.4, 0.5) is 0 Å². The standard InChI is InChI=1S/C14H23NO4S/c1-14(2,3)11-6-7-12(19-5)13(10-11)20(16,17)15-8-9-18-4/h6-7,10,15H,8-9H2,1-5H3. The smallest absolute Gasteiger partial charge is 0.244 e. The molecule has 1 N–H and O–H groups in total. The Morgan fingerprint density at radius 2 is 1.85 bits per heavy atom. The summed E-state index contributed by atoms with van der Waals surface area (Å²) in [5.41, 5.74) is 0.800. The van der Waals surface area contributed by atoms with Gasteiger partial charge in [-0.05, 0) is 23.1 Å². The van der Waals surface area contributed by atoms with Crippen molar-refractivity contribution in [1.82, 2.24) is 4.72 Å². The molecule has 20 heavy (non-hydrogen) atoms. The van der Waals surface area contributed by atoms with Crippen LogP contribution in [-0.4, -0.2) is 35.8 Å². The molecule has 1 rings (SSSR count). The van der Waals surface area contributed by atoms with Crippen LogP contribution in [0.3, 0.4) is 0 Å². The summed E-state index contributed by atoms with van der Waals surface area (Å²) < 4.78 is 37.1. The van der Waals surface area contributed by atoms with Crippen LogP contribution in [0.1, 0.15) is 26.3 Å². The third-order valence-electron chi connectivity index (χ3n) is 2.92. The van der Waals surface area contributed by atoms with Crippen LogP contribution in [-0.2, 0) is 20.2 Å². The van der Waals surface area contributed by atoms with Gasteiger partial charge in [0.2, 0.25) is 10.0 Å². The highest BCUT2D eigenvalue weighted by atomic mass is 32.2. The van der Waals surface area contributed by atoms with E-state index in [9.17, 15) is 8.42 Å². The van der Waals surface area contributed by atoms with Gasteiger partial charge in [-0.25, -0.2) is 13.1 Å². The fourth-order valence-electron chi connectivity index (χ4n) is 1.71. The second-order valence-electron chi connectivity index (χ2n) is 5.51. The highest BCUT2D eigenvalue weighted by Gasteiger charge is 2.23. The Morgan fingerprint density at radius 3 is 2.35 bits per heavy atom. The molecule has 114 valence electrons. The predicted octanol–water partition coefficient (Wildman–Crippen LogP) is 1.92. The molecule has 0 atom stereocenters. The van der Waals surface area contributed by atoms with E-state index in [4.69, 9.17) is 9.47 Å². The molecule has 6 heteroatoms. The van der Waals surface area contributed by atoms with Crippen LogP contribution in [0, 0.1) is 0 Å². The third-order valence-corrected chi connectivity index (χ3v) is 4.40. The van der Waals surface area contributed by atoms with Crippen LogP contribution in [0.5, 0.6) is 5.75 Å². The van der Waals surface area contributed by atoms with Crippen LogP contribution in [0.2, 0.25) is 0 Å². The van der Waals surface area contributed by atoms with Gasteiger partial charge in [-0.1, -0.05) is 26.8 Å². The van der Waals surface area contributed by atoms with Gasteiger partial charge in [0.25, 0.3) is 0 Å². The van der Waals surface area contributed by atoms with E-state index >= 15 is 0 Å². The van der Waals surface area contributed by atoms with Gasteiger partial charge in [-0.15, -0.1) is 0 Å². The van der Waals surface area contributed by atoms with Gasteiger partial charge in [0.1, 0.15) is 10.6 Å². The molecule has 0 aliphatic heterocycles. The second kappa shape index (κ2) is 6.56. The molecular formula is C14H23NO4S. The molecule has 0 aliphatic rings. The quantitative estimate of drug-likeness (QED) is 0.815. The zero-order valence-corrected chi connectivity index (χ0v) is 13.5. The Hall–Kier alpha value is -1.11. The number of sulfonamides is 1. The van der Waals surface area contributed by atoms with Crippen LogP contribution in [0.15, 0.2) is 23.1 Å². The van der Waals surface area contributed by atoms with Gasteiger partial charge in [-0.3, -0.25) is 0 Å². The highest BCUT2D eigenvalue weighted by Crippen LogP contribution is 2.30. The zero-order valence-electron chi connectivity index (χ0n) is 12.7. The summed E-state index contributed by atoms with van der Waals surface area (Å²) in [5.74, 6) is 0.336. The van der Waals surface area contributed by atoms with Gasteiger partial charge in [0.05, 0.1) is 13.7 Å². The van der Waals surface area contributed by atoms with Gasteiger partial charge in [0, 0.05) is 13.7 Å². The normalized spacial score (nSPS) is 12.4. The lowest BCUT2D eigenvalue weighted by atomic mass is 9.87. The minimum Gasteiger partial charge on any atom is -0.495 e. The first-order valence-corrected chi connectivity index (χ1v) is 7.88. The number of nitrogens with one attached hydrogen (secondary N) is 1. The number of hydrogen-bond acceptors (Lipinski definition) is 4. The van der Waals surface area contributed by atoms with Crippen LogP contribution < -0.4 is 9.46 Å². The Morgan fingerprint density at radius 1 is 1.20 bits per heavy atom. The number of hydrogen-bond donors (Lipinski definition) is 1. The molecule has 0 heterocycles. The van der Waals surface area contributed by atoms with E-state index in [1.807, 2.05) is 26.8 Å². The third kappa shape index (κ3) is 4.19. The average molecular weight is 301 g/mol. The Labute approximate surface area is 121 Å². The number of ether oxygens (including phenoxy) is 2. The molecule has 1 aromatic carbocycles. The van der Waals surface area contributed by atoms with Gasteiger partial charge in [-0.2, -0.15) is 0 Å². The molecule has 0 bridgehead atoms. The Balaban J connectivity index is 3.20. The lowest BCUT2D eigenvalue weighted by Crippen LogP contribution is -2.28. The summed E-state index contributed by atoms with van der Waals surface area (Å²) in [4.78, 5) is 0.156. The van der Waals surface area contributed by atoms with Gasteiger partial charge in [0.15, 0.2) is 0 Å². The van der Waals surface area contributed by atoms with Crippen molar-refractivity contribution in [3.8, 4) is 5.75 Å². The summed E-state index contributed by atoms with van der Waals surface area (Å²) >= 11 is 0. The number of methoxy groups -OCH3 is 2. The van der Waals surface area contributed by atoms with Crippen molar-refractivity contribution in [2.75, 3.05) is 27.4 Å². The van der Waals surface area contributed by atoms with Gasteiger partial charge >= 0.3 is 0 Å². The summed E-state index contributed by atoms with van der Waals surface area (Å²) in [6.07, 6.45) is 0. The minimum absolute atomic E-state index is 0.136. The molecule has 1 aromatic rings. The molecule has 0 saturated carbocycles. The van der Waals surface area contributed by atoms with Gasteiger partial charge < -0.3 is 9.47 Å². The maximum atomic E-state index is 12.3. The lowest BCUT2D eigenvalue weighted by Gasteiger charge is -2.21. The topological polar surface area (TPSA) is 64.6 Å². The first kappa shape index (κ1) is 16.9. The van der Waals surface area contributed by atoms with E-state index in [2.05, 4.69) is 4.72 Å². The van der Waals surface area contributed by atoms with E-state index in [0.717, 1.165) is 5.56 Å². The van der Waals surface area contributed by atoms with E-state index in [-0.39, 0.29) is 16.9 Å². The Kier molecular flexibility index (Phi) is 5.56.